The van der Waals surface area contributed by atoms with E-state index in [-0.39, 0.29) is 43.8 Å². The van der Waals surface area contributed by atoms with E-state index in [1.54, 1.807) is 18.9 Å². The van der Waals surface area contributed by atoms with Crippen molar-refractivity contribution in [3.8, 4) is 11.1 Å². The third-order valence-corrected chi connectivity index (χ3v) is 7.28. The number of hydrogen-bond acceptors (Lipinski definition) is 7. The lowest BCUT2D eigenvalue weighted by Crippen LogP contribution is -2.33. The number of aryl methyl sites for hydroxylation is 1. The molecule has 1 fully saturated rings. The Morgan fingerprint density at radius 1 is 1.06 bits per heavy atom. The minimum absolute atomic E-state index is 0.0426. The average Bonchev–Trinajstić information content (AvgIpc) is 3.19. The summed E-state index contributed by atoms with van der Waals surface area (Å²) in [5, 5.41) is 11.5. The Hall–Kier alpha value is -2.35. The molecule has 1 heterocycles. The van der Waals surface area contributed by atoms with Gasteiger partial charge < -0.3 is 9.84 Å². The van der Waals surface area contributed by atoms with Crippen LogP contribution in [0.2, 0.25) is 0 Å². The van der Waals surface area contributed by atoms with E-state index in [0.29, 0.717) is 22.8 Å². The van der Waals surface area contributed by atoms with E-state index >= 15 is 0 Å². The van der Waals surface area contributed by atoms with Crippen LogP contribution in [0.15, 0.2) is 29.6 Å². The van der Waals surface area contributed by atoms with Gasteiger partial charge in [-0.25, -0.2) is 4.79 Å². The highest BCUT2D eigenvalue weighted by Gasteiger charge is 2.25. The molecule has 0 atom stereocenters. The topological polar surface area (TPSA) is 83.9 Å². The first-order valence-electron chi connectivity index (χ1n) is 12.0. The average molecular weight is 486 g/mol. The molecule has 6 nitrogen and oxygen atoms in total. The van der Waals surface area contributed by atoms with Crippen molar-refractivity contribution in [2.45, 2.75) is 58.5 Å². The van der Waals surface area contributed by atoms with Crippen molar-refractivity contribution in [2.24, 2.45) is 5.92 Å². The molecule has 7 heteroatoms. The summed E-state index contributed by atoms with van der Waals surface area (Å²) in [6.07, 6.45) is 3.70. The molecule has 2 aromatic rings. The van der Waals surface area contributed by atoms with Crippen molar-refractivity contribution in [3.63, 3.8) is 0 Å². The van der Waals surface area contributed by atoms with Gasteiger partial charge in [0.2, 0.25) is 0 Å². The Balaban J connectivity index is 1.61. The molecule has 34 heavy (non-hydrogen) atoms. The van der Waals surface area contributed by atoms with Gasteiger partial charge in [-0.1, -0.05) is 29.8 Å². The number of rotatable bonds is 11. The summed E-state index contributed by atoms with van der Waals surface area (Å²) in [5.41, 5.74) is 3.29. The second kappa shape index (κ2) is 12.4. The Bertz CT molecular complexity index is 989. The molecule has 0 unspecified atom stereocenters. The molecule has 0 bridgehead atoms. The maximum Gasteiger partial charge on any atom is 0.339 e. The first-order chi connectivity index (χ1) is 16.3. The smallest absolute Gasteiger partial charge is 0.339 e. The first kappa shape index (κ1) is 26.3. The van der Waals surface area contributed by atoms with Gasteiger partial charge >= 0.3 is 5.97 Å². The standard InChI is InChI=1S/C27H35NO5S/c1-4-33-27(32)26-24(20-9-5-18(2)6-10-20)17-34-25(26)14-23(31)16-28(3)15-22(30)13-19-7-11-21(29)12-8-19/h5-6,9-10,17,19,21,29H,4,7-8,11-16H2,1-3H3. The van der Waals surface area contributed by atoms with Crippen molar-refractivity contribution >= 4 is 28.9 Å². The van der Waals surface area contributed by atoms with Gasteiger partial charge in [0.15, 0.2) is 5.78 Å². The van der Waals surface area contributed by atoms with E-state index < -0.39 is 5.97 Å². The summed E-state index contributed by atoms with van der Waals surface area (Å²) in [5.74, 6) is 0.00216. The van der Waals surface area contributed by atoms with Crippen LogP contribution >= 0.6 is 11.3 Å². The van der Waals surface area contributed by atoms with Gasteiger partial charge in [0.1, 0.15) is 5.78 Å². The SMILES string of the molecule is CCOC(=O)c1c(-c2ccc(C)cc2)csc1CC(=O)CN(C)CC(=O)CC1CCC(O)CC1. The normalized spacial score (nSPS) is 18.1. The molecule has 3 rings (SSSR count). The van der Waals surface area contributed by atoms with Crippen LogP contribution in [0.3, 0.4) is 0 Å². The number of thiophene rings is 1. The second-order valence-corrected chi connectivity index (χ2v) is 10.3. The highest BCUT2D eigenvalue weighted by molar-refractivity contribution is 7.11. The van der Waals surface area contributed by atoms with Crippen molar-refractivity contribution in [3.05, 3.63) is 45.6 Å². The number of aliphatic hydroxyl groups excluding tert-OH is 1. The molecule has 1 saturated carbocycles. The minimum Gasteiger partial charge on any atom is -0.462 e. The van der Waals surface area contributed by atoms with Gasteiger partial charge in [0, 0.05) is 23.3 Å². The van der Waals surface area contributed by atoms with Crippen molar-refractivity contribution in [1.29, 1.82) is 0 Å². The fourth-order valence-corrected chi connectivity index (χ4v) is 5.60. The zero-order valence-corrected chi connectivity index (χ0v) is 21.2. The number of benzene rings is 1. The molecule has 0 amide bonds. The van der Waals surface area contributed by atoms with E-state index in [9.17, 15) is 19.5 Å². The summed E-state index contributed by atoms with van der Waals surface area (Å²) in [6, 6.07) is 7.93. The monoisotopic (exact) mass is 485 g/mol. The summed E-state index contributed by atoms with van der Waals surface area (Å²) in [4.78, 5) is 40.5. The van der Waals surface area contributed by atoms with Gasteiger partial charge in [-0.05, 0) is 63.4 Å². The summed E-state index contributed by atoms with van der Waals surface area (Å²) < 4.78 is 5.29. The number of likely N-dealkylation sites (N-methyl/N-ethyl adjacent to an activating group) is 1. The molecule has 1 aliphatic rings. The molecular formula is C27H35NO5S. The van der Waals surface area contributed by atoms with E-state index in [2.05, 4.69) is 0 Å². The summed E-state index contributed by atoms with van der Waals surface area (Å²) in [6.45, 7) is 4.42. The van der Waals surface area contributed by atoms with E-state index in [4.69, 9.17) is 4.74 Å². The van der Waals surface area contributed by atoms with E-state index in [1.807, 2.05) is 36.6 Å². The fraction of sp³-hybridized carbons (Fsp3) is 0.519. The summed E-state index contributed by atoms with van der Waals surface area (Å²) >= 11 is 1.39. The maximum absolute atomic E-state index is 12.8. The molecule has 0 saturated heterocycles. The quantitative estimate of drug-likeness (QED) is 0.473. The molecule has 0 radical (unpaired) electrons. The zero-order chi connectivity index (χ0) is 24.7. The highest BCUT2D eigenvalue weighted by Crippen LogP contribution is 2.33. The second-order valence-electron chi connectivity index (χ2n) is 9.34. The Morgan fingerprint density at radius 3 is 2.35 bits per heavy atom. The highest BCUT2D eigenvalue weighted by atomic mass is 32.1. The first-order valence-corrected chi connectivity index (χ1v) is 12.9. The number of carbonyl (C=O) groups excluding carboxylic acids is 3. The van der Waals surface area contributed by atoms with Gasteiger partial charge in [0.25, 0.3) is 0 Å². The molecule has 184 valence electrons. The van der Waals surface area contributed by atoms with Crippen molar-refractivity contribution in [2.75, 3.05) is 26.7 Å². The van der Waals surface area contributed by atoms with Gasteiger partial charge in [-0.15, -0.1) is 11.3 Å². The Kier molecular flexibility index (Phi) is 9.56. The van der Waals surface area contributed by atoms with Gasteiger partial charge in [-0.2, -0.15) is 0 Å². The predicted molar refractivity (Wildman–Crippen MR) is 134 cm³/mol. The predicted octanol–water partition coefficient (Wildman–Crippen LogP) is 4.45. The lowest BCUT2D eigenvalue weighted by molar-refractivity contribution is -0.123. The summed E-state index contributed by atoms with van der Waals surface area (Å²) in [7, 11) is 1.78. The van der Waals surface area contributed by atoms with Crippen molar-refractivity contribution in [1.82, 2.24) is 4.90 Å². The lowest BCUT2D eigenvalue weighted by Gasteiger charge is -2.25. The minimum atomic E-state index is -0.414. The van der Waals surface area contributed by atoms with E-state index in [0.717, 1.165) is 42.4 Å². The third kappa shape index (κ3) is 7.32. The van der Waals surface area contributed by atoms with Crippen molar-refractivity contribution < 1.29 is 24.2 Å². The van der Waals surface area contributed by atoms with Crippen LogP contribution in [0.25, 0.3) is 11.1 Å². The molecular weight excluding hydrogens is 450 g/mol. The number of ether oxygens (including phenoxy) is 1. The van der Waals surface area contributed by atoms with Gasteiger partial charge in [0.05, 0.1) is 31.4 Å². The number of aliphatic hydroxyl groups is 1. The maximum atomic E-state index is 12.8. The Labute approximate surface area is 205 Å². The van der Waals surface area contributed by atoms with Crippen LogP contribution < -0.4 is 0 Å². The largest absolute Gasteiger partial charge is 0.462 e. The molecule has 1 N–H and O–H groups in total. The van der Waals surface area contributed by atoms with Crippen LogP contribution in [0, 0.1) is 12.8 Å². The van der Waals surface area contributed by atoms with Crippen LogP contribution in [0.5, 0.6) is 0 Å². The van der Waals surface area contributed by atoms with Crippen LogP contribution in [0.1, 0.15) is 59.8 Å². The third-order valence-electron chi connectivity index (χ3n) is 6.29. The van der Waals surface area contributed by atoms with E-state index in [1.165, 1.54) is 11.3 Å². The number of esters is 1. The van der Waals surface area contributed by atoms with Crippen LogP contribution in [-0.2, 0) is 20.7 Å². The Morgan fingerprint density at radius 2 is 1.71 bits per heavy atom. The number of nitrogens with zero attached hydrogens (tertiary/aromatic N) is 1. The number of ketones is 2. The van der Waals surface area contributed by atoms with Crippen LogP contribution in [0.4, 0.5) is 0 Å². The molecule has 1 aromatic heterocycles. The lowest BCUT2D eigenvalue weighted by atomic mass is 9.84. The zero-order valence-electron chi connectivity index (χ0n) is 20.3. The molecule has 1 aromatic carbocycles. The molecule has 0 aliphatic heterocycles. The van der Waals surface area contributed by atoms with Gasteiger partial charge in [-0.3, -0.25) is 14.5 Å². The molecule has 1 aliphatic carbocycles. The number of hydrogen-bond donors (Lipinski definition) is 1. The number of Topliss-reactive ketones (excluding diaryl/α,β-unsaturated/α-hetero) is 2. The molecule has 0 spiro atoms. The number of carbonyl (C=O) groups is 3. The fourth-order valence-electron chi connectivity index (χ4n) is 4.53. The van der Waals surface area contributed by atoms with Crippen LogP contribution in [-0.4, -0.2) is 60.4 Å².